The standard InChI is InChI=1S/C12H16O4S2/c1-10-2-4-12(5-3-10)18(15,16)9-11-6-7-17(13,14)8-11/h2-5,11H,6-9H2,1H3. The van der Waals surface area contributed by atoms with Crippen molar-refractivity contribution in [2.24, 2.45) is 5.92 Å². The van der Waals surface area contributed by atoms with E-state index in [2.05, 4.69) is 0 Å². The lowest BCUT2D eigenvalue weighted by molar-refractivity contribution is 0.573. The van der Waals surface area contributed by atoms with Crippen molar-refractivity contribution >= 4 is 19.7 Å². The number of rotatable bonds is 3. The Kier molecular flexibility index (Phi) is 3.51. The lowest BCUT2D eigenvalue weighted by atomic mass is 10.2. The Morgan fingerprint density at radius 1 is 1.22 bits per heavy atom. The maximum atomic E-state index is 12.1. The zero-order valence-corrected chi connectivity index (χ0v) is 11.8. The molecule has 0 bridgehead atoms. The molecule has 1 unspecified atom stereocenters. The van der Waals surface area contributed by atoms with Crippen LogP contribution in [0, 0.1) is 12.8 Å². The summed E-state index contributed by atoms with van der Waals surface area (Å²) in [6, 6.07) is 6.65. The molecule has 1 aliphatic rings. The Balaban J connectivity index is 2.16. The highest BCUT2D eigenvalue weighted by Gasteiger charge is 2.31. The van der Waals surface area contributed by atoms with Crippen LogP contribution in [-0.2, 0) is 19.7 Å². The van der Waals surface area contributed by atoms with Crippen LogP contribution in [0.25, 0.3) is 0 Å². The third-order valence-electron chi connectivity index (χ3n) is 3.16. The number of benzene rings is 1. The van der Waals surface area contributed by atoms with Gasteiger partial charge in [-0.1, -0.05) is 17.7 Å². The summed E-state index contributed by atoms with van der Waals surface area (Å²) in [6.45, 7) is 1.89. The van der Waals surface area contributed by atoms with Crippen LogP contribution in [0.4, 0.5) is 0 Å². The summed E-state index contributed by atoms with van der Waals surface area (Å²) < 4.78 is 46.9. The summed E-state index contributed by atoms with van der Waals surface area (Å²) in [5.74, 6) is -0.227. The Morgan fingerprint density at radius 2 is 1.83 bits per heavy atom. The van der Waals surface area contributed by atoms with E-state index in [1.807, 2.05) is 6.92 Å². The maximum Gasteiger partial charge on any atom is 0.178 e. The molecule has 0 spiro atoms. The first-order valence-electron chi connectivity index (χ1n) is 5.78. The molecule has 6 heteroatoms. The van der Waals surface area contributed by atoms with Crippen LogP contribution in [0.5, 0.6) is 0 Å². The largest absolute Gasteiger partial charge is 0.229 e. The number of hydrogen-bond acceptors (Lipinski definition) is 4. The molecule has 1 aromatic rings. The van der Waals surface area contributed by atoms with Gasteiger partial charge < -0.3 is 0 Å². The lowest BCUT2D eigenvalue weighted by Crippen LogP contribution is -2.17. The summed E-state index contributed by atoms with van der Waals surface area (Å²) >= 11 is 0. The molecule has 2 rings (SSSR count). The molecule has 1 saturated heterocycles. The van der Waals surface area contributed by atoms with Crippen molar-refractivity contribution < 1.29 is 16.8 Å². The van der Waals surface area contributed by atoms with E-state index in [1.165, 1.54) is 0 Å². The highest BCUT2D eigenvalue weighted by atomic mass is 32.2. The van der Waals surface area contributed by atoms with Gasteiger partial charge in [-0.25, -0.2) is 16.8 Å². The first-order chi connectivity index (χ1) is 8.28. The van der Waals surface area contributed by atoms with Crippen LogP contribution >= 0.6 is 0 Å². The van der Waals surface area contributed by atoms with Crippen molar-refractivity contribution in [3.8, 4) is 0 Å². The van der Waals surface area contributed by atoms with E-state index in [4.69, 9.17) is 0 Å². The second-order valence-corrected chi connectivity index (χ2v) is 9.13. The van der Waals surface area contributed by atoms with Crippen molar-refractivity contribution in [3.63, 3.8) is 0 Å². The first-order valence-corrected chi connectivity index (χ1v) is 9.26. The molecule has 0 amide bonds. The normalized spacial score (nSPS) is 23.1. The second-order valence-electron chi connectivity index (χ2n) is 4.86. The van der Waals surface area contributed by atoms with Crippen LogP contribution in [0.15, 0.2) is 29.2 Å². The Hall–Kier alpha value is -0.880. The monoisotopic (exact) mass is 288 g/mol. The van der Waals surface area contributed by atoms with E-state index in [9.17, 15) is 16.8 Å². The minimum Gasteiger partial charge on any atom is -0.229 e. The molecule has 1 fully saturated rings. The van der Waals surface area contributed by atoms with Crippen LogP contribution in [0.1, 0.15) is 12.0 Å². The predicted molar refractivity (Wildman–Crippen MR) is 70.0 cm³/mol. The molecule has 1 heterocycles. The van der Waals surface area contributed by atoms with E-state index < -0.39 is 19.7 Å². The van der Waals surface area contributed by atoms with Gasteiger partial charge in [0.05, 0.1) is 22.2 Å². The third kappa shape index (κ3) is 3.11. The Morgan fingerprint density at radius 3 is 2.33 bits per heavy atom. The van der Waals surface area contributed by atoms with Gasteiger partial charge in [-0.3, -0.25) is 0 Å². The number of aryl methyl sites for hydroxylation is 1. The van der Waals surface area contributed by atoms with Gasteiger partial charge in [0.2, 0.25) is 0 Å². The van der Waals surface area contributed by atoms with Crippen molar-refractivity contribution in [3.05, 3.63) is 29.8 Å². The molecule has 0 radical (unpaired) electrons. The molecule has 18 heavy (non-hydrogen) atoms. The second kappa shape index (κ2) is 4.66. The maximum absolute atomic E-state index is 12.1. The lowest BCUT2D eigenvalue weighted by Gasteiger charge is -2.09. The molecule has 1 atom stereocenters. The Bertz CT molecular complexity index is 627. The highest BCUT2D eigenvalue weighted by Crippen LogP contribution is 2.23. The summed E-state index contributed by atoms with van der Waals surface area (Å²) in [4.78, 5) is 0.275. The quantitative estimate of drug-likeness (QED) is 0.838. The molecule has 1 aromatic carbocycles. The van der Waals surface area contributed by atoms with Crippen LogP contribution in [0.2, 0.25) is 0 Å². The van der Waals surface area contributed by atoms with Gasteiger partial charge in [-0.2, -0.15) is 0 Å². The summed E-state index contributed by atoms with van der Waals surface area (Å²) in [7, 11) is -6.40. The summed E-state index contributed by atoms with van der Waals surface area (Å²) in [5.41, 5.74) is 0.998. The zero-order chi connectivity index (χ0) is 13.4. The molecule has 0 N–H and O–H groups in total. The molecule has 4 nitrogen and oxygen atoms in total. The van der Waals surface area contributed by atoms with Gasteiger partial charge in [-0.15, -0.1) is 0 Å². The zero-order valence-electron chi connectivity index (χ0n) is 10.2. The predicted octanol–water partition coefficient (Wildman–Crippen LogP) is 1.20. The van der Waals surface area contributed by atoms with Crippen molar-refractivity contribution in [1.82, 2.24) is 0 Å². The van der Waals surface area contributed by atoms with E-state index >= 15 is 0 Å². The molecule has 1 aliphatic heterocycles. The fourth-order valence-corrected chi connectivity index (χ4v) is 5.81. The topological polar surface area (TPSA) is 68.3 Å². The van der Waals surface area contributed by atoms with Crippen molar-refractivity contribution in [1.29, 1.82) is 0 Å². The molecule has 100 valence electrons. The molecular formula is C12H16O4S2. The average Bonchev–Trinajstić information content (AvgIpc) is 2.57. The molecule has 0 aromatic heterocycles. The molecular weight excluding hydrogens is 272 g/mol. The van der Waals surface area contributed by atoms with Crippen molar-refractivity contribution in [2.45, 2.75) is 18.2 Å². The number of sulfone groups is 2. The van der Waals surface area contributed by atoms with E-state index in [-0.39, 0.29) is 28.1 Å². The minimum absolute atomic E-state index is 0.00189. The van der Waals surface area contributed by atoms with Crippen LogP contribution in [-0.4, -0.2) is 34.1 Å². The van der Waals surface area contributed by atoms with E-state index in [1.54, 1.807) is 24.3 Å². The van der Waals surface area contributed by atoms with Gasteiger partial charge in [0.25, 0.3) is 0 Å². The fraction of sp³-hybridized carbons (Fsp3) is 0.500. The van der Waals surface area contributed by atoms with Gasteiger partial charge in [-0.05, 0) is 31.4 Å². The summed E-state index contributed by atoms with van der Waals surface area (Å²) in [5, 5.41) is 0. The third-order valence-corrected chi connectivity index (χ3v) is 6.90. The SMILES string of the molecule is Cc1ccc(S(=O)(=O)CC2CCS(=O)(=O)C2)cc1. The minimum atomic E-state index is -3.38. The first kappa shape index (κ1) is 13.5. The Labute approximate surface area is 108 Å². The van der Waals surface area contributed by atoms with E-state index in [0.29, 0.717) is 6.42 Å². The fourth-order valence-electron chi connectivity index (χ4n) is 2.16. The van der Waals surface area contributed by atoms with E-state index in [0.717, 1.165) is 5.56 Å². The van der Waals surface area contributed by atoms with Gasteiger partial charge in [0, 0.05) is 0 Å². The van der Waals surface area contributed by atoms with Crippen molar-refractivity contribution in [2.75, 3.05) is 17.3 Å². The van der Waals surface area contributed by atoms with Crippen LogP contribution < -0.4 is 0 Å². The van der Waals surface area contributed by atoms with Crippen LogP contribution in [0.3, 0.4) is 0 Å². The summed E-state index contributed by atoms with van der Waals surface area (Å²) in [6.07, 6.45) is 0.452. The van der Waals surface area contributed by atoms with Gasteiger partial charge in [0.1, 0.15) is 0 Å². The molecule has 0 saturated carbocycles. The van der Waals surface area contributed by atoms with Gasteiger partial charge in [0.15, 0.2) is 19.7 Å². The smallest absolute Gasteiger partial charge is 0.178 e. The highest BCUT2D eigenvalue weighted by molar-refractivity contribution is 7.92. The molecule has 0 aliphatic carbocycles. The number of hydrogen-bond donors (Lipinski definition) is 0. The van der Waals surface area contributed by atoms with Gasteiger partial charge >= 0.3 is 0 Å². The average molecular weight is 288 g/mol.